The lowest BCUT2D eigenvalue weighted by molar-refractivity contribution is 0.0697. The highest BCUT2D eigenvalue weighted by Crippen LogP contribution is 2.39. The summed E-state index contributed by atoms with van der Waals surface area (Å²) in [6.07, 6.45) is 8.86. The minimum Gasteiger partial charge on any atom is -0.393 e. The zero-order chi connectivity index (χ0) is 27.7. The van der Waals surface area contributed by atoms with Gasteiger partial charge in [0, 0.05) is 28.6 Å². The van der Waals surface area contributed by atoms with E-state index in [0.717, 1.165) is 28.0 Å². The third-order valence-corrected chi connectivity index (χ3v) is 8.64. The number of anilines is 1. The van der Waals surface area contributed by atoms with E-state index in [4.69, 9.17) is 16.3 Å². The maximum absolute atomic E-state index is 13.6. The molecule has 4 N–H and O–H groups in total. The first-order chi connectivity index (χ1) is 18.6. The third-order valence-electron chi connectivity index (χ3n) is 7.11. The first kappa shape index (κ1) is 27.4. The van der Waals surface area contributed by atoms with Crippen LogP contribution < -0.4 is 10.5 Å². The fourth-order valence-electron chi connectivity index (χ4n) is 5.18. The highest BCUT2D eigenvalue weighted by atomic mass is 32.2. The minimum absolute atomic E-state index is 0.222. The molecule has 0 unspecified atom stereocenters. The topological polar surface area (TPSA) is 154 Å². The summed E-state index contributed by atoms with van der Waals surface area (Å²) in [6.45, 7) is 2.31. The fourth-order valence-corrected chi connectivity index (χ4v) is 6.54. The molecule has 0 amide bonds. The number of nitrogens with one attached hydrogen (secondary N) is 1. The highest BCUT2D eigenvalue weighted by molar-refractivity contribution is 7.84. The van der Waals surface area contributed by atoms with E-state index in [1.807, 2.05) is 31.2 Å². The largest absolute Gasteiger partial charge is 0.393 e. The number of terminal acetylenes is 1. The zero-order valence-electron chi connectivity index (χ0n) is 21.2. The van der Waals surface area contributed by atoms with Crippen molar-refractivity contribution in [3.05, 3.63) is 74.4 Å². The van der Waals surface area contributed by atoms with Crippen molar-refractivity contribution in [3.8, 4) is 12.3 Å². The highest BCUT2D eigenvalue weighted by Gasteiger charge is 2.35. The van der Waals surface area contributed by atoms with Gasteiger partial charge in [-0.1, -0.05) is 12.0 Å². The van der Waals surface area contributed by atoms with Crippen LogP contribution in [0.25, 0.3) is 0 Å². The first-order valence-corrected chi connectivity index (χ1v) is 14.7. The van der Waals surface area contributed by atoms with Crippen molar-refractivity contribution in [2.24, 2.45) is 11.1 Å². The summed E-state index contributed by atoms with van der Waals surface area (Å²) in [6, 6.07) is 7.55. The fraction of sp³-hybridized carbons (Fsp3) is 0.370. The van der Waals surface area contributed by atoms with E-state index in [1.165, 1.54) is 29.4 Å². The average Bonchev–Trinajstić information content (AvgIpc) is 3.47. The van der Waals surface area contributed by atoms with Gasteiger partial charge in [0.1, 0.15) is 18.2 Å². The van der Waals surface area contributed by atoms with Crippen molar-refractivity contribution in [2.45, 2.75) is 44.4 Å². The maximum atomic E-state index is 13.6. The normalized spacial score (nSPS) is 22.7. The summed E-state index contributed by atoms with van der Waals surface area (Å²) in [5.41, 5.74) is 4.19. The molecule has 1 aliphatic carbocycles. The molecule has 1 aromatic carbocycles. The number of aliphatic hydroxyl groups is 1. The number of hydrogen-bond donors (Lipinski definition) is 3. The Balaban J connectivity index is 1.36. The van der Waals surface area contributed by atoms with Crippen molar-refractivity contribution in [3.63, 3.8) is 0 Å². The number of aryl methyl sites for hydroxylation is 1. The average molecular weight is 569 g/mol. The number of carbonyl (C=O) groups is 1. The van der Waals surface area contributed by atoms with Crippen LogP contribution in [0, 0.1) is 25.2 Å². The van der Waals surface area contributed by atoms with E-state index < -0.39 is 22.3 Å². The van der Waals surface area contributed by atoms with Crippen LogP contribution in [0.15, 0.2) is 36.8 Å². The van der Waals surface area contributed by atoms with E-state index in [9.17, 15) is 18.3 Å². The van der Waals surface area contributed by atoms with Crippen LogP contribution in [-0.4, -0.2) is 54.6 Å². The van der Waals surface area contributed by atoms with E-state index >= 15 is 0 Å². The summed E-state index contributed by atoms with van der Waals surface area (Å²) in [5, 5.41) is 18.5. The lowest BCUT2D eigenvalue weighted by Gasteiger charge is -2.26. The number of ether oxygens (including phenoxy) is 1. The predicted molar refractivity (Wildman–Crippen MR) is 146 cm³/mol. The van der Waals surface area contributed by atoms with Crippen molar-refractivity contribution in [1.82, 2.24) is 9.97 Å². The summed E-state index contributed by atoms with van der Waals surface area (Å²) in [4.78, 5) is 23.5. The van der Waals surface area contributed by atoms with E-state index in [-0.39, 0.29) is 24.5 Å². The van der Waals surface area contributed by atoms with Crippen LogP contribution in [0.3, 0.4) is 0 Å². The molecule has 0 saturated heterocycles. The monoisotopic (exact) mass is 568 g/mol. The SMILES string of the molecule is C#Cc1ccc2c(c1)[C@@H](c1cc(C(=O)c3cncnc3N[C@@H]3C[C@H](COS(N)(=O)=O)[C@@H](O)C3)sc1C)OCC2. The molecule has 4 atom stereocenters. The molecule has 0 bridgehead atoms. The van der Waals surface area contributed by atoms with Gasteiger partial charge in [-0.05, 0) is 61.1 Å². The summed E-state index contributed by atoms with van der Waals surface area (Å²) in [5.74, 6) is 2.35. The molecule has 12 heteroatoms. The van der Waals surface area contributed by atoms with Gasteiger partial charge in [-0.25, -0.2) is 15.1 Å². The van der Waals surface area contributed by atoms with E-state index in [0.29, 0.717) is 35.7 Å². The molecule has 1 saturated carbocycles. The van der Waals surface area contributed by atoms with Crippen LogP contribution in [0.5, 0.6) is 0 Å². The van der Waals surface area contributed by atoms with Gasteiger partial charge in [0.05, 0.1) is 29.8 Å². The Morgan fingerprint density at radius 1 is 1.33 bits per heavy atom. The molecule has 39 heavy (non-hydrogen) atoms. The van der Waals surface area contributed by atoms with Gasteiger partial charge >= 0.3 is 10.3 Å². The molecule has 3 aromatic rings. The van der Waals surface area contributed by atoms with Gasteiger partial charge in [0.2, 0.25) is 5.78 Å². The van der Waals surface area contributed by atoms with Crippen LogP contribution >= 0.6 is 11.3 Å². The zero-order valence-corrected chi connectivity index (χ0v) is 22.8. The number of aromatic nitrogens is 2. The van der Waals surface area contributed by atoms with Crippen molar-refractivity contribution >= 4 is 33.2 Å². The quantitative estimate of drug-likeness (QED) is 0.275. The van der Waals surface area contributed by atoms with Crippen LogP contribution in [0.2, 0.25) is 0 Å². The van der Waals surface area contributed by atoms with Gasteiger partial charge in [0.25, 0.3) is 0 Å². The molecule has 5 rings (SSSR count). The van der Waals surface area contributed by atoms with Gasteiger partial charge in [-0.15, -0.1) is 17.8 Å². The second-order valence-corrected chi connectivity index (χ2v) is 12.2. The van der Waals surface area contributed by atoms with Crippen molar-refractivity contribution in [2.75, 3.05) is 18.5 Å². The number of carbonyl (C=O) groups excluding carboxylic acids is 1. The molecule has 2 aromatic heterocycles. The Hall–Kier alpha value is -3.18. The van der Waals surface area contributed by atoms with Gasteiger partial charge < -0.3 is 15.2 Å². The Kier molecular flexibility index (Phi) is 7.82. The summed E-state index contributed by atoms with van der Waals surface area (Å²) >= 11 is 1.38. The number of rotatable bonds is 8. The minimum atomic E-state index is -4.10. The molecule has 204 valence electrons. The Labute approximate surface area is 230 Å². The number of hydrogen-bond acceptors (Lipinski definition) is 10. The smallest absolute Gasteiger partial charge is 0.333 e. The number of nitrogens with zero attached hydrogens (tertiary/aromatic N) is 2. The number of ketones is 1. The molecule has 0 spiro atoms. The summed E-state index contributed by atoms with van der Waals surface area (Å²) in [7, 11) is -4.10. The lowest BCUT2D eigenvalue weighted by Crippen LogP contribution is -2.24. The number of benzene rings is 1. The van der Waals surface area contributed by atoms with Crippen molar-refractivity contribution in [1.29, 1.82) is 0 Å². The van der Waals surface area contributed by atoms with Crippen LogP contribution in [0.1, 0.15) is 61.3 Å². The van der Waals surface area contributed by atoms with E-state index in [1.54, 1.807) is 0 Å². The van der Waals surface area contributed by atoms with Crippen molar-refractivity contribution < 1.29 is 27.2 Å². The van der Waals surface area contributed by atoms with E-state index in [2.05, 4.69) is 25.4 Å². The lowest BCUT2D eigenvalue weighted by atomic mass is 9.91. The molecular formula is C27H28N4O6S2. The number of fused-ring (bicyclic) bond motifs is 1. The number of aliphatic hydroxyl groups excluding tert-OH is 1. The van der Waals surface area contributed by atoms with Gasteiger partial charge in [-0.2, -0.15) is 8.42 Å². The van der Waals surface area contributed by atoms with Gasteiger partial charge in [0.15, 0.2) is 0 Å². The number of nitrogens with two attached hydrogens (primary N) is 1. The van der Waals surface area contributed by atoms with Gasteiger partial charge in [-0.3, -0.25) is 8.98 Å². The molecule has 2 aliphatic rings. The molecule has 1 fully saturated rings. The summed E-state index contributed by atoms with van der Waals surface area (Å²) < 4.78 is 33.1. The Bertz CT molecular complexity index is 1550. The number of thiophene rings is 1. The third kappa shape index (κ3) is 6.04. The second-order valence-electron chi connectivity index (χ2n) is 9.71. The molecule has 10 nitrogen and oxygen atoms in total. The Morgan fingerprint density at radius 3 is 2.92 bits per heavy atom. The standard InChI is InChI=1S/C27H28N4O6S2/c1-3-16-4-5-17-6-7-36-26(21(17)8-16)20-11-24(38-15(20)2)25(33)22-12-29-14-30-27(22)31-19-9-18(23(32)10-19)13-37-39(28,34)35/h1,4-5,8,11-12,14,18-19,23,26,32H,6-7,9-10,13H2,2H3,(H2,28,34,35)(H,29,30,31)/t18-,19-,23+,26-/m1/s1. The first-order valence-electron chi connectivity index (χ1n) is 12.4. The maximum Gasteiger partial charge on any atom is 0.333 e. The molecule has 0 radical (unpaired) electrons. The molecule has 1 aliphatic heterocycles. The second kappa shape index (κ2) is 11.1. The molecular weight excluding hydrogens is 540 g/mol. The predicted octanol–water partition coefficient (Wildman–Crippen LogP) is 2.49. The molecule has 3 heterocycles. The van der Waals surface area contributed by atoms with Crippen LogP contribution in [0.4, 0.5) is 5.82 Å². The Morgan fingerprint density at radius 2 is 2.15 bits per heavy atom. The van der Waals surface area contributed by atoms with Crippen LogP contribution in [-0.2, 0) is 25.6 Å².